The number of rotatable bonds is 5. The summed E-state index contributed by atoms with van der Waals surface area (Å²) in [4.78, 5) is 0. The Labute approximate surface area is 111 Å². The number of hydrogen-bond acceptors (Lipinski definition) is 2. The highest BCUT2D eigenvalue weighted by molar-refractivity contribution is 5.05. The zero-order valence-corrected chi connectivity index (χ0v) is 11.9. The number of aryl methyl sites for hydroxylation is 2. The molecule has 1 aromatic heterocycles. The molecular weight excluding hydrogens is 222 g/mol. The molecule has 0 radical (unpaired) electrons. The molecule has 0 saturated carbocycles. The van der Waals surface area contributed by atoms with E-state index in [1.807, 2.05) is 17.9 Å². The highest BCUT2D eigenvalue weighted by Gasteiger charge is 2.29. The van der Waals surface area contributed by atoms with Crippen LogP contribution < -0.4 is 5.32 Å². The van der Waals surface area contributed by atoms with Crippen LogP contribution in [-0.4, -0.2) is 21.9 Å². The van der Waals surface area contributed by atoms with Crippen LogP contribution in [0.4, 0.5) is 0 Å². The normalized spacial score (nSPS) is 25.0. The van der Waals surface area contributed by atoms with Crippen LogP contribution in [0.5, 0.6) is 0 Å². The van der Waals surface area contributed by atoms with E-state index in [1.54, 1.807) is 0 Å². The lowest BCUT2D eigenvalue weighted by Gasteiger charge is -2.34. The second kappa shape index (κ2) is 6.37. The van der Waals surface area contributed by atoms with Gasteiger partial charge in [-0.25, -0.2) is 0 Å². The first-order chi connectivity index (χ1) is 8.74. The van der Waals surface area contributed by atoms with Crippen molar-refractivity contribution >= 4 is 0 Å². The summed E-state index contributed by atoms with van der Waals surface area (Å²) >= 11 is 0. The van der Waals surface area contributed by atoms with Gasteiger partial charge in [0.1, 0.15) is 0 Å². The third-order valence-corrected chi connectivity index (χ3v) is 4.21. The lowest BCUT2D eigenvalue weighted by molar-refractivity contribution is 0.270. The smallest absolute Gasteiger partial charge is 0.0521 e. The second-order valence-corrected chi connectivity index (χ2v) is 5.79. The Kier molecular flexibility index (Phi) is 4.81. The average Bonchev–Trinajstić information content (AvgIpc) is 2.63. The predicted molar refractivity (Wildman–Crippen MR) is 75.6 cm³/mol. The molecule has 2 rings (SSSR count). The first kappa shape index (κ1) is 13.6. The van der Waals surface area contributed by atoms with Crippen LogP contribution in [0, 0.1) is 0 Å². The van der Waals surface area contributed by atoms with Gasteiger partial charge >= 0.3 is 0 Å². The summed E-state index contributed by atoms with van der Waals surface area (Å²) < 4.78 is 1.91. The van der Waals surface area contributed by atoms with Crippen LogP contribution in [-0.2, 0) is 13.5 Å². The third-order valence-electron chi connectivity index (χ3n) is 4.21. The first-order valence-corrected chi connectivity index (χ1v) is 7.47. The van der Waals surface area contributed by atoms with Crippen molar-refractivity contribution in [3.05, 3.63) is 18.0 Å². The van der Waals surface area contributed by atoms with Crippen molar-refractivity contribution in [3.8, 4) is 0 Å². The van der Waals surface area contributed by atoms with Crippen LogP contribution in [0.2, 0.25) is 0 Å². The zero-order chi connectivity index (χ0) is 12.8. The van der Waals surface area contributed by atoms with Gasteiger partial charge in [-0.3, -0.25) is 4.68 Å². The Morgan fingerprint density at radius 2 is 2.22 bits per heavy atom. The lowest BCUT2D eigenvalue weighted by atomic mass is 9.83. The first-order valence-electron chi connectivity index (χ1n) is 7.47. The summed E-state index contributed by atoms with van der Waals surface area (Å²) in [6.07, 6.45) is 14.6. The monoisotopic (exact) mass is 249 g/mol. The lowest BCUT2D eigenvalue weighted by Crippen LogP contribution is -2.44. The Hall–Kier alpha value is -0.830. The van der Waals surface area contributed by atoms with Crippen LogP contribution in [0.15, 0.2) is 12.4 Å². The van der Waals surface area contributed by atoms with Crippen LogP contribution in [0.3, 0.4) is 0 Å². The summed E-state index contributed by atoms with van der Waals surface area (Å²) in [7, 11) is 2.00. The van der Waals surface area contributed by atoms with Crippen molar-refractivity contribution in [2.45, 2.75) is 63.8 Å². The molecule has 3 nitrogen and oxygen atoms in total. The summed E-state index contributed by atoms with van der Waals surface area (Å²) in [5.41, 5.74) is 1.76. The average molecular weight is 249 g/mol. The fourth-order valence-corrected chi connectivity index (χ4v) is 3.22. The molecule has 1 atom stereocenters. The van der Waals surface area contributed by atoms with Gasteiger partial charge < -0.3 is 5.32 Å². The Balaban J connectivity index is 1.96. The highest BCUT2D eigenvalue weighted by Crippen LogP contribution is 2.28. The minimum Gasteiger partial charge on any atom is -0.311 e. The molecular formula is C15H27N3. The second-order valence-electron chi connectivity index (χ2n) is 5.79. The third kappa shape index (κ3) is 3.58. The number of hydrogen-bond donors (Lipinski definition) is 1. The molecule has 18 heavy (non-hydrogen) atoms. The minimum atomic E-state index is 0.390. The SMILES string of the molecule is CCCC1(CCc2cnn(C)c2)CCCCCN1. The van der Waals surface area contributed by atoms with Crippen LogP contribution >= 0.6 is 0 Å². The van der Waals surface area contributed by atoms with Gasteiger partial charge in [0, 0.05) is 18.8 Å². The van der Waals surface area contributed by atoms with E-state index in [4.69, 9.17) is 0 Å². The van der Waals surface area contributed by atoms with Crippen molar-refractivity contribution in [1.82, 2.24) is 15.1 Å². The van der Waals surface area contributed by atoms with E-state index in [9.17, 15) is 0 Å². The molecule has 0 spiro atoms. The van der Waals surface area contributed by atoms with E-state index in [2.05, 4.69) is 23.5 Å². The Morgan fingerprint density at radius 3 is 2.94 bits per heavy atom. The zero-order valence-electron chi connectivity index (χ0n) is 11.9. The van der Waals surface area contributed by atoms with Crippen molar-refractivity contribution in [2.75, 3.05) is 6.54 Å². The Morgan fingerprint density at radius 1 is 1.33 bits per heavy atom. The molecule has 1 aromatic rings. The van der Waals surface area contributed by atoms with Crippen LogP contribution in [0.1, 0.15) is 57.4 Å². The standard InChI is InChI=1S/C15H27N3/c1-3-8-15(9-5-4-6-11-16-15)10-7-14-12-17-18(2)13-14/h12-13,16H,3-11H2,1-2H3. The maximum Gasteiger partial charge on any atom is 0.0521 e. The number of nitrogens with one attached hydrogen (secondary N) is 1. The molecule has 1 aliphatic rings. The van der Waals surface area contributed by atoms with Gasteiger partial charge in [-0.2, -0.15) is 5.10 Å². The molecule has 1 unspecified atom stereocenters. The van der Waals surface area contributed by atoms with Gasteiger partial charge in [-0.15, -0.1) is 0 Å². The summed E-state index contributed by atoms with van der Waals surface area (Å²) in [6, 6.07) is 0. The number of aromatic nitrogens is 2. The van der Waals surface area contributed by atoms with E-state index in [1.165, 1.54) is 57.1 Å². The van der Waals surface area contributed by atoms with Gasteiger partial charge in [0.25, 0.3) is 0 Å². The molecule has 1 aliphatic heterocycles. The van der Waals surface area contributed by atoms with E-state index in [-0.39, 0.29) is 0 Å². The summed E-state index contributed by atoms with van der Waals surface area (Å²) in [6.45, 7) is 3.51. The molecule has 102 valence electrons. The molecule has 0 aromatic carbocycles. The van der Waals surface area contributed by atoms with Gasteiger partial charge in [0.2, 0.25) is 0 Å². The molecule has 1 N–H and O–H groups in total. The minimum absolute atomic E-state index is 0.390. The van der Waals surface area contributed by atoms with E-state index in [0.29, 0.717) is 5.54 Å². The molecule has 1 fully saturated rings. The molecule has 0 amide bonds. The molecule has 0 bridgehead atoms. The molecule has 2 heterocycles. The van der Waals surface area contributed by atoms with E-state index in [0.717, 1.165) is 6.42 Å². The van der Waals surface area contributed by atoms with Gasteiger partial charge in [-0.1, -0.05) is 26.2 Å². The fraction of sp³-hybridized carbons (Fsp3) is 0.800. The highest BCUT2D eigenvalue weighted by atomic mass is 15.2. The van der Waals surface area contributed by atoms with Gasteiger partial charge in [0.15, 0.2) is 0 Å². The van der Waals surface area contributed by atoms with E-state index >= 15 is 0 Å². The largest absolute Gasteiger partial charge is 0.311 e. The van der Waals surface area contributed by atoms with Crippen LogP contribution in [0.25, 0.3) is 0 Å². The van der Waals surface area contributed by atoms with Crippen molar-refractivity contribution in [1.29, 1.82) is 0 Å². The number of nitrogens with zero attached hydrogens (tertiary/aromatic N) is 2. The fourth-order valence-electron chi connectivity index (χ4n) is 3.22. The molecule has 0 aliphatic carbocycles. The van der Waals surface area contributed by atoms with Gasteiger partial charge in [0.05, 0.1) is 6.20 Å². The van der Waals surface area contributed by atoms with E-state index < -0.39 is 0 Å². The predicted octanol–water partition coefficient (Wildman–Crippen LogP) is 3.06. The maximum atomic E-state index is 4.26. The van der Waals surface area contributed by atoms with Crippen molar-refractivity contribution < 1.29 is 0 Å². The Bertz CT molecular complexity index is 348. The summed E-state index contributed by atoms with van der Waals surface area (Å²) in [5, 5.41) is 8.11. The van der Waals surface area contributed by atoms with Gasteiger partial charge in [-0.05, 0) is 44.2 Å². The van der Waals surface area contributed by atoms with Crippen molar-refractivity contribution in [3.63, 3.8) is 0 Å². The molecule has 1 saturated heterocycles. The maximum absolute atomic E-state index is 4.26. The summed E-state index contributed by atoms with van der Waals surface area (Å²) in [5.74, 6) is 0. The molecule has 3 heteroatoms. The quantitative estimate of drug-likeness (QED) is 0.869. The topological polar surface area (TPSA) is 29.9 Å². The van der Waals surface area contributed by atoms with Crippen molar-refractivity contribution in [2.24, 2.45) is 7.05 Å².